The van der Waals surface area contributed by atoms with Crippen LogP contribution in [-0.2, 0) is 11.0 Å². The zero-order valence-corrected chi connectivity index (χ0v) is 9.55. The average molecular weight is 261 g/mol. The summed E-state index contributed by atoms with van der Waals surface area (Å²) in [5.74, 6) is -2.07. The van der Waals surface area contributed by atoms with Crippen LogP contribution in [-0.4, -0.2) is 17.0 Å². The quantitative estimate of drug-likeness (QED) is 0.860. The van der Waals surface area contributed by atoms with Crippen LogP contribution < -0.4 is 5.32 Å². The lowest BCUT2D eigenvalue weighted by atomic mass is 10.0. The first kappa shape index (κ1) is 14.0. The molecule has 2 N–H and O–H groups in total. The van der Waals surface area contributed by atoms with Crippen LogP contribution in [0.1, 0.15) is 28.4 Å². The molecular formula is C11H10F3NO3. The molecule has 0 saturated carbocycles. The van der Waals surface area contributed by atoms with E-state index in [1.165, 1.54) is 6.92 Å². The van der Waals surface area contributed by atoms with Crippen molar-refractivity contribution in [1.29, 1.82) is 0 Å². The Labute approximate surface area is 100 Å². The number of nitrogens with one attached hydrogen (secondary N) is 1. The molecule has 0 unspecified atom stereocenters. The Balaban J connectivity index is 3.47. The van der Waals surface area contributed by atoms with Crippen molar-refractivity contribution >= 4 is 17.6 Å². The molecular weight excluding hydrogens is 251 g/mol. The third-order valence-electron chi connectivity index (χ3n) is 2.27. The highest BCUT2D eigenvalue weighted by atomic mass is 19.4. The van der Waals surface area contributed by atoms with Crippen LogP contribution in [0.15, 0.2) is 12.1 Å². The van der Waals surface area contributed by atoms with Crippen molar-refractivity contribution in [3.05, 3.63) is 28.8 Å². The Morgan fingerprint density at radius 3 is 2.22 bits per heavy atom. The Hall–Kier alpha value is -2.05. The van der Waals surface area contributed by atoms with Gasteiger partial charge >= 0.3 is 12.1 Å². The van der Waals surface area contributed by atoms with Gasteiger partial charge in [-0.15, -0.1) is 0 Å². The predicted octanol–water partition coefficient (Wildman–Crippen LogP) is 2.67. The van der Waals surface area contributed by atoms with Gasteiger partial charge in [-0.05, 0) is 24.6 Å². The van der Waals surface area contributed by atoms with Gasteiger partial charge < -0.3 is 10.4 Å². The van der Waals surface area contributed by atoms with E-state index in [2.05, 4.69) is 5.32 Å². The molecule has 0 fully saturated rings. The Morgan fingerprint density at radius 2 is 1.83 bits per heavy atom. The van der Waals surface area contributed by atoms with Crippen molar-refractivity contribution < 1.29 is 27.9 Å². The van der Waals surface area contributed by atoms with Crippen LogP contribution in [0.5, 0.6) is 0 Å². The lowest BCUT2D eigenvalue weighted by molar-refractivity contribution is -0.138. The number of hydrogen-bond acceptors (Lipinski definition) is 2. The molecule has 1 aromatic carbocycles. The van der Waals surface area contributed by atoms with E-state index in [-0.39, 0.29) is 11.3 Å². The van der Waals surface area contributed by atoms with Gasteiger partial charge in [-0.2, -0.15) is 13.2 Å². The third kappa shape index (κ3) is 2.99. The zero-order valence-electron chi connectivity index (χ0n) is 9.55. The molecule has 0 heterocycles. The summed E-state index contributed by atoms with van der Waals surface area (Å²) < 4.78 is 38.1. The predicted molar refractivity (Wildman–Crippen MR) is 57.4 cm³/mol. The second-order valence-electron chi connectivity index (χ2n) is 3.68. The molecule has 0 aromatic heterocycles. The van der Waals surface area contributed by atoms with Gasteiger partial charge in [0.2, 0.25) is 5.91 Å². The van der Waals surface area contributed by atoms with Gasteiger partial charge in [0, 0.05) is 12.6 Å². The molecule has 1 aromatic rings. The first-order chi connectivity index (χ1) is 8.12. The van der Waals surface area contributed by atoms with Crippen LogP contribution in [0.3, 0.4) is 0 Å². The maximum Gasteiger partial charge on any atom is 0.416 e. The number of amides is 1. The molecule has 98 valence electrons. The third-order valence-corrected chi connectivity index (χ3v) is 2.27. The van der Waals surface area contributed by atoms with Gasteiger partial charge in [0.1, 0.15) is 0 Å². The van der Waals surface area contributed by atoms with Gasteiger partial charge in [-0.3, -0.25) is 4.79 Å². The second-order valence-corrected chi connectivity index (χ2v) is 3.68. The molecule has 0 radical (unpaired) electrons. The monoisotopic (exact) mass is 261 g/mol. The van der Waals surface area contributed by atoms with Gasteiger partial charge in [0.15, 0.2) is 0 Å². The van der Waals surface area contributed by atoms with Crippen molar-refractivity contribution in [3.63, 3.8) is 0 Å². The molecule has 4 nitrogen and oxygen atoms in total. The SMILES string of the molecule is CC(=O)Nc1cc(C(=O)O)cc(C(F)(F)F)c1C. The Kier molecular flexibility index (Phi) is 3.64. The van der Waals surface area contributed by atoms with Gasteiger partial charge in [-0.25, -0.2) is 4.79 Å². The van der Waals surface area contributed by atoms with E-state index < -0.39 is 29.2 Å². The number of alkyl halides is 3. The molecule has 0 spiro atoms. The fourth-order valence-electron chi connectivity index (χ4n) is 1.45. The summed E-state index contributed by atoms with van der Waals surface area (Å²) in [6, 6.07) is 1.54. The number of carbonyl (C=O) groups excluding carboxylic acids is 1. The highest BCUT2D eigenvalue weighted by Crippen LogP contribution is 2.35. The summed E-state index contributed by atoms with van der Waals surface area (Å²) in [6.45, 7) is 2.29. The first-order valence-electron chi connectivity index (χ1n) is 4.85. The largest absolute Gasteiger partial charge is 0.478 e. The number of hydrogen-bond donors (Lipinski definition) is 2. The summed E-state index contributed by atoms with van der Waals surface area (Å²) in [4.78, 5) is 21.6. The molecule has 0 aliphatic rings. The fourth-order valence-corrected chi connectivity index (χ4v) is 1.45. The number of rotatable bonds is 2. The number of carbonyl (C=O) groups is 2. The van der Waals surface area contributed by atoms with E-state index in [1.54, 1.807) is 0 Å². The number of halogens is 3. The van der Waals surface area contributed by atoms with Crippen LogP contribution in [0.25, 0.3) is 0 Å². The number of carboxylic acid groups (broad SMARTS) is 1. The summed E-state index contributed by atoms with van der Waals surface area (Å²) in [6.07, 6.45) is -4.68. The number of benzene rings is 1. The van der Waals surface area contributed by atoms with Crippen molar-refractivity contribution in [2.24, 2.45) is 0 Å². The van der Waals surface area contributed by atoms with Crippen molar-refractivity contribution in [2.75, 3.05) is 5.32 Å². The molecule has 1 amide bonds. The lowest BCUT2D eigenvalue weighted by Gasteiger charge is -2.15. The maximum absolute atomic E-state index is 12.7. The summed E-state index contributed by atoms with van der Waals surface area (Å²) in [7, 11) is 0. The van der Waals surface area contributed by atoms with Crippen LogP contribution in [0, 0.1) is 6.92 Å². The highest BCUT2D eigenvalue weighted by Gasteiger charge is 2.34. The number of carboxylic acids is 1. The number of anilines is 1. The summed E-state index contributed by atoms with van der Waals surface area (Å²) in [5, 5.41) is 10.9. The normalized spacial score (nSPS) is 11.2. The number of aromatic carboxylic acids is 1. The standard InChI is InChI=1S/C11H10F3NO3/c1-5-8(11(12,13)14)3-7(10(17)18)4-9(5)15-6(2)16/h3-4H,1-2H3,(H,15,16)(H,17,18). The van der Waals surface area contributed by atoms with Crippen LogP contribution in [0.2, 0.25) is 0 Å². The van der Waals surface area contributed by atoms with E-state index in [1.807, 2.05) is 0 Å². The molecule has 7 heteroatoms. The highest BCUT2D eigenvalue weighted by molar-refractivity contribution is 5.94. The molecule has 1 rings (SSSR count). The fraction of sp³-hybridized carbons (Fsp3) is 0.273. The second kappa shape index (κ2) is 4.67. The van der Waals surface area contributed by atoms with Crippen LogP contribution >= 0.6 is 0 Å². The van der Waals surface area contributed by atoms with Crippen molar-refractivity contribution in [3.8, 4) is 0 Å². The molecule has 0 aliphatic carbocycles. The minimum absolute atomic E-state index is 0.158. The van der Waals surface area contributed by atoms with E-state index in [0.29, 0.717) is 6.07 Å². The topological polar surface area (TPSA) is 66.4 Å². The Bertz CT molecular complexity index is 509. The smallest absolute Gasteiger partial charge is 0.416 e. The molecule has 0 aliphatic heterocycles. The maximum atomic E-state index is 12.7. The van der Waals surface area contributed by atoms with Crippen LogP contribution in [0.4, 0.5) is 18.9 Å². The molecule has 18 heavy (non-hydrogen) atoms. The van der Waals surface area contributed by atoms with Gasteiger partial charge in [0.05, 0.1) is 11.1 Å². The van der Waals surface area contributed by atoms with E-state index in [4.69, 9.17) is 5.11 Å². The van der Waals surface area contributed by atoms with E-state index >= 15 is 0 Å². The van der Waals surface area contributed by atoms with Crippen molar-refractivity contribution in [1.82, 2.24) is 0 Å². The van der Waals surface area contributed by atoms with E-state index in [9.17, 15) is 22.8 Å². The van der Waals surface area contributed by atoms with Gasteiger partial charge in [-0.1, -0.05) is 0 Å². The average Bonchev–Trinajstić information content (AvgIpc) is 2.18. The minimum atomic E-state index is -4.68. The zero-order chi connectivity index (χ0) is 14.1. The summed E-state index contributed by atoms with van der Waals surface area (Å²) >= 11 is 0. The minimum Gasteiger partial charge on any atom is -0.478 e. The van der Waals surface area contributed by atoms with Crippen molar-refractivity contribution in [2.45, 2.75) is 20.0 Å². The molecule has 0 saturated heterocycles. The van der Waals surface area contributed by atoms with E-state index in [0.717, 1.165) is 13.0 Å². The first-order valence-corrected chi connectivity index (χ1v) is 4.85. The Morgan fingerprint density at radius 1 is 1.28 bits per heavy atom. The molecule has 0 atom stereocenters. The molecule has 0 bridgehead atoms. The lowest BCUT2D eigenvalue weighted by Crippen LogP contribution is -2.14. The summed E-state index contributed by atoms with van der Waals surface area (Å²) in [5.41, 5.74) is -1.99. The van der Waals surface area contributed by atoms with Gasteiger partial charge in [0.25, 0.3) is 0 Å².